The van der Waals surface area contributed by atoms with Crippen molar-refractivity contribution in [2.24, 2.45) is 5.92 Å². The normalized spacial score (nSPS) is 10.8. The van der Waals surface area contributed by atoms with E-state index < -0.39 is 5.82 Å². The van der Waals surface area contributed by atoms with Crippen molar-refractivity contribution in [3.63, 3.8) is 0 Å². The molecule has 5 heteroatoms. The van der Waals surface area contributed by atoms with E-state index in [0.29, 0.717) is 29.2 Å². The number of unbranched alkanes of at least 4 members (excludes halogenated alkanes) is 1. The van der Waals surface area contributed by atoms with Crippen LogP contribution >= 0.6 is 0 Å². The Morgan fingerprint density at radius 2 is 1.71 bits per heavy atom. The Bertz CT molecular complexity index is 590. The van der Waals surface area contributed by atoms with E-state index in [0.717, 1.165) is 25.7 Å². The molecule has 0 saturated carbocycles. The molecule has 0 atom stereocenters. The molecule has 0 aliphatic carbocycles. The Morgan fingerprint density at radius 3 is 2.25 bits per heavy atom. The molecule has 136 valence electrons. The van der Waals surface area contributed by atoms with Crippen LogP contribution in [0.15, 0.2) is 12.1 Å². The molecular formula is C19H32FN3O. The number of fused-ring (bicyclic) bond motifs is 1. The van der Waals surface area contributed by atoms with Crippen molar-refractivity contribution in [1.82, 2.24) is 10.2 Å². The SMILES string of the molecule is CCCC.CCCC(CCC)COc1cc(F)c2c(N)n[nH]c2c1. The number of nitrogen functional groups attached to an aromatic ring is 1. The van der Waals surface area contributed by atoms with E-state index in [4.69, 9.17) is 10.5 Å². The quantitative estimate of drug-likeness (QED) is 0.650. The molecule has 0 saturated heterocycles. The topological polar surface area (TPSA) is 63.9 Å². The van der Waals surface area contributed by atoms with Crippen molar-refractivity contribution in [1.29, 1.82) is 0 Å². The van der Waals surface area contributed by atoms with Crippen LogP contribution in [0.25, 0.3) is 10.9 Å². The van der Waals surface area contributed by atoms with Gasteiger partial charge in [-0.1, -0.05) is 53.4 Å². The molecule has 1 aromatic heterocycles. The molecule has 1 heterocycles. The molecule has 0 aliphatic heterocycles. The summed E-state index contributed by atoms with van der Waals surface area (Å²) in [6.07, 6.45) is 7.18. The smallest absolute Gasteiger partial charge is 0.156 e. The fraction of sp³-hybridized carbons (Fsp3) is 0.632. The summed E-state index contributed by atoms with van der Waals surface area (Å²) in [6, 6.07) is 3.12. The molecule has 2 aromatic rings. The third-order valence-electron chi connectivity index (χ3n) is 4.00. The van der Waals surface area contributed by atoms with Gasteiger partial charge in [-0.3, -0.25) is 5.10 Å². The summed E-state index contributed by atoms with van der Waals surface area (Å²) in [6.45, 7) is 9.32. The van der Waals surface area contributed by atoms with Crippen molar-refractivity contribution in [3.8, 4) is 5.75 Å². The van der Waals surface area contributed by atoms with Gasteiger partial charge in [0.05, 0.1) is 17.5 Å². The van der Waals surface area contributed by atoms with Crippen LogP contribution in [-0.4, -0.2) is 16.8 Å². The van der Waals surface area contributed by atoms with Gasteiger partial charge in [-0.15, -0.1) is 0 Å². The molecule has 0 unspecified atom stereocenters. The lowest BCUT2D eigenvalue weighted by Crippen LogP contribution is -2.12. The van der Waals surface area contributed by atoms with E-state index >= 15 is 0 Å². The van der Waals surface area contributed by atoms with Crippen molar-refractivity contribution < 1.29 is 9.13 Å². The zero-order valence-electron chi connectivity index (χ0n) is 15.5. The Kier molecular flexibility index (Phi) is 9.20. The number of nitrogens with zero attached hydrogens (tertiary/aromatic N) is 1. The summed E-state index contributed by atoms with van der Waals surface area (Å²) in [5, 5.41) is 6.85. The van der Waals surface area contributed by atoms with E-state index in [1.807, 2.05) is 0 Å². The molecule has 1 aromatic carbocycles. The predicted molar refractivity (Wildman–Crippen MR) is 99.8 cm³/mol. The van der Waals surface area contributed by atoms with Gasteiger partial charge in [-0.25, -0.2) is 4.39 Å². The molecule has 0 radical (unpaired) electrons. The zero-order chi connectivity index (χ0) is 17.9. The number of hydrogen-bond acceptors (Lipinski definition) is 3. The van der Waals surface area contributed by atoms with E-state index in [1.54, 1.807) is 6.07 Å². The van der Waals surface area contributed by atoms with E-state index in [-0.39, 0.29) is 5.82 Å². The average molecular weight is 337 g/mol. The van der Waals surface area contributed by atoms with Crippen LogP contribution in [0.2, 0.25) is 0 Å². The number of H-pyrrole nitrogens is 1. The maximum absolute atomic E-state index is 13.9. The number of nitrogens with one attached hydrogen (secondary N) is 1. The van der Waals surface area contributed by atoms with Crippen LogP contribution in [0.5, 0.6) is 5.75 Å². The molecular weight excluding hydrogens is 305 g/mol. The first-order valence-electron chi connectivity index (χ1n) is 9.13. The van der Waals surface area contributed by atoms with Crippen molar-refractivity contribution in [2.75, 3.05) is 12.3 Å². The Morgan fingerprint density at radius 1 is 1.08 bits per heavy atom. The Balaban J connectivity index is 0.000000648. The number of benzene rings is 1. The van der Waals surface area contributed by atoms with Gasteiger partial charge in [0.1, 0.15) is 11.6 Å². The summed E-state index contributed by atoms with van der Waals surface area (Å²) in [5.41, 5.74) is 6.17. The van der Waals surface area contributed by atoms with Gasteiger partial charge in [0.2, 0.25) is 0 Å². The Hall–Kier alpha value is -1.78. The standard InChI is InChI=1S/C15H22FN3O.C4H10/c1-3-5-10(6-4-2)9-20-11-7-12(16)14-13(8-11)18-19-15(14)17;1-3-4-2/h7-8,10H,3-6,9H2,1-2H3,(H3,17,18,19);3-4H2,1-2H3. The highest BCUT2D eigenvalue weighted by Crippen LogP contribution is 2.27. The fourth-order valence-corrected chi connectivity index (χ4v) is 2.53. The van der Waals surface area contributed by atoms with Gasteiger partial charge in [-0.2, -0.15) is 5.10 Å². The summed E-state index contributed by atoms with van der Waals surface area (Å²) >= 11 is 0. The van der Waals surface area contributed by atoms with Crippen LogP contribution in [0.4, 0.5) is 10.2 Å². The molecule has 0 fully saturated rings. The van der Waals surface area contributed by atoms with Gasteiger partial charge in [0, 0.05) is 12.1 Å². The van der Waals surface area contributed by atoms with Crippen molar-refractivity contribution in [3.05, 3.63) is 17.9 Å². The van der Waals surface area contributed by atoms with Gasteiger partial charge in [0.15, 0.2) is 5.82 Å². The third kappa shape index (κ3) is 6.02. The molecule has 24 heavy (non-hydrogen) atoms. The second kappa shape index (κ2) is 10.9. The van der Waals surface area contributed by atoms with Gasteiger partial charge < -0.3 is 10.5 Å². The molecule has 3 N–H and O–H groups in total. The highest BCUT2D eigenvalue weighted by Gasteiger charge is 2.12. The Labute approximate surface area is 145 Å². The van der Waals surface area contributed by atoms with Gasteiger partial charge >= 0.3 is 0 Å². The molecule has 2 rings (SSSR count). The van der Waals surface area contributed by atoms with Crippen molar-refractivity contribution >= 4 is 16.7 Å². The largest absolute Gasteiger partial charge is 0.493 e. The second-order valence-electron chi connectivity index (χ2n) is 6.19. The first kappa shape index (κ1) is 20.3. The van der Waals surface area contributed by atoms with Crippen LogP contribution in [0.1, 0.15) is 66.2 Å². The first-order valence-corrected chi connectivity index (χ1v) is 9.13. The molecule has 0 aliphatic rings. The lowest BCUT2D eigenvalue weighted by Gasteiger charge is -2.16. The second-order valence-corrected chi connectivity index (χ2v) is 6.19. The highest BCUT2D eigenvalue weighted by molar-refractivity contribution is 5.90. The van der Waals surface area contributed by atoms with E-state index in [1.165, 1.54) is 18.9 Å². The minimum absolute atomic E-state index is 0.180. The van der Waals surface area contributed by atoms with Crippen LogP contribution in [-0.2, 0) is 0 Å². The summed E-state index contributed by atoms with van der Waals surface area (Å²) in [5.74, 6) is 0.830. The number of aromatic amines is 1. The number of rotatable bonds is 8. The van der Waals surface area contributed by atoms with E-state index in [9.17, 15) is 4.39 Å². The number of ether oxygens (including phenoxy) is 1. The average Bonchev–Trinajstić information content (AvgIpc) is 2.95. The highest BCUT2D eigenvalue weighted by atomic mass is 19.1. The number of halogens is 1. The first-order chi connectivity index (χ1) is 11.6. The molecule has 0 bridgehead atoms. The monoisotopic (exact) mass is 337 g/mol. The number of anilines is 1. The maximum atomic E-state index is 13.9. The fourth-order valence-electron chi connectivity index (χ4n) is 2.53. The van der Waals surface area contributed by atoms with Crippen molar-refractivity contribution in [2.45, 2.75) is 66.2 Å². The van der Waals surface area contributed by atoms with Crippen LogP contribution in [0, 0.1) is 11.7 Å². The lowest BCUT2D eigenvalue weighted by molar-refractivity contribution is 0.229. The number of hydrogen-bond donors (Lipinski definition) is 2. The van der Waals surface area contributed by atoms with E-state index in [2.05, 4.69) is 37.9 Å². The third-order valence-corrected chi connectivity index (χ3v) is 4.00. The zero-order valence-corrected chi connectivity index (χ0v) is 15.5. The molecule has 0 amide bonds. The lowest BCUT2D eigenvalue weighted by atomic mass is 9.99. The minimum atomic E-state index is -0.397. The van der Waals surface area contributed by atoms with Crippen LogP contribution < -0.4 is 10.5 Å². The molecule has 0 spiro atoms. The maximum Gasteiger partial charge on any atom is 0.156 e. The van der Waals surface area contributed by atoms with Gasteiger partial charge in [0.25, 0.3) is 0 Å². The number of nitrogens with two attached hydrogens (primary N) is 1. The summed E-state index contributed by atoms with van der Waals surface area (Å²) in [4.78, 5) is 0. The number of aromatic nitrogens is 2. The minimum Gasteiger partial charge on any atom is -0.493 e. The predicted octanol–water partition coefficient (Wildman–Crippen LogP) is 5.69. The molecule has 4 nitrogen and oxygen atoms in total. The van der Waals surface area contributed by atoms with Gasteiger partial charge in [-0.05, 0) is 18.8 Å². The summed E-state index contributed by atoms with van der Waals surface area (Å²) < 4.78 is 19.7. The van der Waals surface area contributed by atoms with Crippen LogP contribution in [0.3, 0.4) is 0 Å². The summed E-state index contributed by atoms with van der Waals surface area (Å²) in [7, 11) is 0.